The first-order valence-electron chi connectivity index (χ1n) is 7.76. The molecular weight excluding hydrogens is 248 g/mol. The van der Waals surface area contributed by atoms with E-state index in [9.17, 15) is 0 Å². The number of nitrogens with zero attached hydrogens (tertiary/aromatic N) is 1. The van der Waals surface area contributed by atoms with Gasteiger partial charge in [0, 0.05) is 24.7 Å². The molecule has 0 fully saturated rings. The Bertz CT molecular complexity index is 389. The monoisotopic (exact) mass is 278 g/mol. The molecule has 0 aliphatic heterocycles. The van der Waals surface area contributed by atoms with Gasteiger partial charge in [0.25, 0.3) is 0 Å². The maximum absolute atomic E-state index is 5.54. The molecule has 0 saturated heterocycles. The van der Waals surface area contributed by atoms with Gasteiger partial charge in [-0.05, 0) is 38.1 Å². The Labute approximate surface area is 124 Å². The van der Waals surface area contributed by atoms with E-state index in [1.165, 1.54) is 11.1 Å². The molecule has 1 aromatic rings. The third-order valence-electron chi connectivity index (χ3n) is 3.91. The number of hydrogen-bond acceptors (Lipinski definition) is 3. The van der Waals surface area contributed by atoms with Crippen molar-refractivity contribution in [2.75, 3.05) is 20.2 Å². The fraction of sp³-hybridized carbons (Fsp3) is 0.647. The number of benzene rings is 1. The summed E-state index contributed by atoms with van der Waals surface area (Å²) in [5.41, 5.74) is 2.55. The molecule has 0 saturated carbocycles. The third kappa shape index (κ3) is 5.14. The number of ether oxygens (including phenoxy) is 1. The summed E-state index contributed by atoms with van der Waals surface area (Å²) in [5.74, 6) is 0.991. The summed E-state index contributed by atoms with van der Waals surface area (Å²) in [6, 6.07) is 7.11. The van der Waals surface area contributed by atoms with E-state index < -0.39 is 0 Å². The Morgan fingerprint density at radius 2 is 1.90 bits per heavy atom. The lowest BCUT2D eigenvalue weighted by molar-refractivity contribution is 0.295. The van der Waals surface area contributed by atoms with Crippen molar-refractivity contribution < 1.29 is 4.74 Å². The lowest BCUT2D eigenvalue weighted by Crippen LogP contribution is -2.25. The normalized spacial score (nSPS) is 12.7. The minimum absolute atomic E-state index is 0.537. The minimum atomic E-state index is 0.537. The molecule has 0 aliphatic carbocycles. The largest absolute Gasteiger partial charge is 0.496 e. The lowest BCUT2D eigenvalue weighted by Gasteiger charge is -2.19. The van der Waals surface area contributed by atoms with Gasteiger partial charge in [0.2, 0.25) is 0 Å². The molecule has 3 nitrogen and oxygen atoms in total. The van der Waals surface area contributed by atoms with Crippen LogP contribution in [-0.4, -0.2) is 31.1 Å². The van der Waals surface area contributed by atoms with E-state index in [1.807, 2.05) is 0 Å². The Balaban J connectivity index is 2.74. The SMILES string of the molecule is CCC(C)NCc1ccc(CN(CC)CC)cc1OC. The number of nitrogens with one attached hydrogen (secondary N) is 1. The van der Waals surface area contributed by atoms with Gasteiger partial charge < -0.3 is 10.1 Å². The highest BCUT2D eigenvalue weighted by Crippen LogP contribution is 2.21. The molecule has 0 heterocycles. The molecule has 0 spiro atoms. The van der Waals surface area contributed by atoms with E-state index in [-0.39, 0.29) is 0 Å². The van der Waals surface area contributed by atoms with E-state index in [4.69, 9.17) is 4.74 Å². The van der Waals surface area contributed by atoms with Crippen LogP contribution in [0.2, 0.25) is 0 Å². The van der Waals surface area contributed by atoms with Crippen LogP contribution in [0.3, 0.4) is 0 Å². The van der Waals surface area contributed by atoms with Crippen LogP contribution in [0.4, 0.5) is 0 Å². The molecule has 20 heavy (non-hydrogen) atoms. The minimum Gasteiger partial charge on any atom is -0.496 e. The summed E-state index contributed by atoms with van der Waals surface area (Å²) in [6.07, 6.45) is 1.14. The van der Waals surface area contributed by atoms with Crippen molar-refractivity contribution in [3.63, 3.8) is 0 Å². The van der Waals surface area contributed by atoms with Crippen LogP contribution in [0.15, 0.2) is 18.2 Å². The molecule has 1 unspecified atom stereocenters. The summed E-state index contributed by atoms with van der Waals surface area (Å²) in [5, 5.41) is 3.52. The average Bonchev–Trinajstić information content (AvgIpc) is 2.50. The first kappa shape index (κ1) is 17.0. The molecule has 0 amide bonds. The van der Waals surface area contributed by atoms with Crippen LogP contribution in [0.1, 0.15) is 45.2 Å². The predicted octanol–water partition coefficient (Wildman–Crippen LogP) is 3.43. The predicted molar refractivity (Wildman–Crippen MR) is 86.2 cm³/mol. The van der Waals surface area contributed by atoms with Crippen LogP contribution in [0.25, 0.3) is 0 Å². The summed E-state index contributed by atoms with van der Waals surface area (Å²) >= 11 is 0. The van der Waals surface area contributed by atoms with Crippen molar-refractivity contribution >= 4 is 0 Å². The van der Waals surface area contributed by atoms with Gasteiger partial charge in [-0.1, -0.05) is 32.9 Å². The fourth-order valence-corrected chi connectivity index (χ4v) is 2.17. The number of rotatable bonds is 9. The molecular formula is C17H30N2O. The smallest absolute Gasteiger partial charge is 0.123 e. The van der Waals surface area contributed by atoms with Gasteiger partial charge in [0.05, 0.1) is 7.11 Å². The molecule has 1 N–H and O–H groups in total. The highest BCUT2D eigenvalue weighted by molar-refractivity contribution is 5.37. The highest BCUT2D eigenvalue weighted by Gasteiger charge is 2.08. The van der Waals surface area contributed by atoms with Crippen molar-refractivity contribution in [3.05, 3.63) is 29.3 Å². The first-order chi connectivity index (χ1) is 9.64. The zero-order chi connectivity index (χ0) is 15.0. The Hall–Kier alpha value is -1.06. The van der Waals surface area contributed by atoms with Crippen LogP contribution in [0.5, 0.6) is 5.75 Å². The van der Waals surface area contributed by atoms with Crippen LogP contribution in [0, 0.1) is 0 Å². The maximum atomic E-state index is 5.54. The fourth-order valence-electron chi connectivity index (χ4n) is 2.17. The van der Waals surface area contributed by atoms with Gasteiger partial charge in [0.15, 0.2) is 0 Å². The summed E-state index contributed by atoms with van der Waals surface area (Å²) in [6.45, 7) is 12.8. The zero-order valence-corrected chi connectivity index (χ0v) is 13.7. The van der Waals surface area contributed by atoms with Crippen LogP contribution >= 0.6 is 0 Å². The van der Waals surface area contributed by atoms with Crippen LogP contribution in [-0.2, 0) is 13.1 Å². The standard InChI is InChI=1S/C17H30N2O/c1-6-14(4)18-12-16-10-9-15(11-17(16)20-5)13-19(7-2)8-3/h9-11,14,18H,6-8,12-13H2,1-5H3. The second-order valence-corrected chi connectivity index (χ2v) is 5.30. The topological polar surface area (TPSA) is 24.5 Å². The van der Waals surface area contributed by atoms with E-state index >= 15 is 0 Å². The second-order valence-electron chi connectivity index (χ2n) is 5.30. The second kappa shape index (κ2) is 8.98. The molecule has 0 aromatic heterocycles. The van der Waals surface area contributed by atoms with Gasteiger partial charge in [-0.15, -0.1) is 0 Å². The Morgan fingerprint density at radius 3 is 2.45 bits per heavy atom. The van der Waals surface area contributed by atoms with Crippen molar-refractivity contribution in [2.45, 2.75) is 53.2 Å². The number of methoxy groups -OCH3 is 1. The maximum Gasteiger partial charge on any atom is 0.123 e. The number of hydrogen-bond donors (Lipinski definition) is 1. The summed E-state index contributed by atoms with van der Waals surface area (Å²) in [7, 11) is 1.75. The molecule has 114 valence electrons. The van der Waals surface area contributed by atoms with Crippen molar-refractivity contribution in [1.82, 2.24) is 10.2 Å². The van der Waals surface area contributed by atoms with E-state index in [0.717, 1.165) is 38.3 Å². The summed E-state index contributed by atoms with van der Waals surface area (Å²) < 4.78 is 5.54. The third-order valence-corrected chi connectivity index (χ3v) is 3.91. The molecule has 0 radical (unpaired) electrons. The Kier molecular flexibility index (Phi) is 7.63. The van der Waals surface area contributed by atoms with Gasteiger partial charge >= 0.3 is 0 Å². The molecule has 1 rings (SSSR count). The Morgan fingerprint density at radius 1 is 1.20 bits per heavy atom. The molecule has 0 aliphatic rings. The molecule has 0 bridgehead atoms. The highest BCUT2D eigenvalue weighted by atomic mass is 16.5. The molecule has 3 heteroatoms. The molecule has 1 aromatic carbocycles. The first-order valence-corrected chi connectivity index (χ1v) is 7.76. The van der Waals surface area contributed by atoms with Crippen LogP contribution < -0.4 is 10.1 Å². The van der Waals surface area contributed by atoms with Crippen molar-refractivity contribution in [1.29, 1.82) is 0 Å². The van der Waals surface area contributed by atoms with Gasteiger partial charge in [-0.2, -0.15) is 0 Å². The summed E-state index contributed by atoms with van der Waals surface area (Å²) in [4.78, 5) is 2.41. The molecule has 1 atom stereocenters. The lowest BCUT2D eigenvalue weighted by atomic mass is 10.1. The quantitative estimate of drug-likeness (QED) is 0.749. The zero-order valence-electron chi connectivity index (χ0n) is 13.7. The van der Waals surface area contributed by atoms with E-state index in [0.29, 0.717) is 6.04 Å². The van der Waals surface area contributed by atoms with Gasteiger partial charge in [-0.3, -0.25) is 4.90 Å². The van der Waals surface area contributed by atoms with E-state index in [1.54, 1.807) is 7.11 Å². The average molecular weight is 278 g/mol. The van der Waals surface area contributed by atoms with Crippen molar-refractivity contribution in [3.8, 4) is 5.75 Å². The van der Waals surface area contributed by atoms with E-state index in [2.05, 4.69) is 56.1 Å². The van der Waals surface area contributed by atoms with Gasteiger partial charge in [0.1, 0.15) is 5.75 Å². The van der Waals surface area contributed by atoms with Gasteiger partial charge in [-0.25, -0.2) is 0 Å². The van der Waals surface area contributed by atoms with Crippen molar-refractivity contribution in [2.24, 2.45) is 0 Å².